The number of benzene rings is 1. The van der Waals surface area contributed by atoms with E-state index in [4.69, 9.17) is 4.42 Å². The van der Waals surface area contributed by atoms with Crippen LogP contribution in [0.15, 0.2) is 32.3 Å². The first-order chi connectivity index (χ1) is 14.8. The molecule has 1 saturated heterocycles. The lowest BCUT2D eigenvalue weighted by Crippen LogP contribution is -2.39. The lowest BCUT2D eigenvalue weighted by molar-refractivity contribution is -0.132. The van der Waals surface area contributed by atoms with Crippen LogP contribution < -0.4 is 5.76 Å². The van der Waals surface area contributed by atoms with E-state index < -0.39 is 15.8 Å². The zero-order valence-electron chi connectivity index (χ0n) is 18.2. The highest BCUT2D eigenvalue weighted by molar-refractivity contribution is 7.89. The van der Waals surface area contributed by atoms with Gasteiger partial charge in [0.25, 0.3) is 0 Å². The predicted molar refractivity (Wildman–Crippen MR) is 117 cm³/mol. The van der Waals surface area contributed by atoms with Crippen LogP contribution in [0.5, 0.6) is 0 Å². The number of aromatic nitrogens is 1. The number of carbonyl (C=O) groups excluding carboxylic acids is 1. The second-order valence-corrected chi connectivity index (χ2v) is 10.9. The summed E-state index contributed by atoms with van der Waals surface area (Å²) >= 11 is 0. The Bertz CT molecular complexity index is 1110. The Labute approximate surface area is 182 Å². The summed E-state index contributed by atoms with van der Waals surface area (Å²) < 4.78 is 33.8. The Kier molecular flexibility index (Phi) is 6.25. The summed E-state index contributed by atoms with van der Waals surface area (Å²) in [4.78, 5) is 27.0. The summed E-state index contributed by atoms with van der Waals surface area (Å²) in [6, 6.07) is 4.79. The van der Waals surface area contributed by atoms with Gasteiger partial charge in [-0.05, 0) is 56.6 Å². The first kappa shape index (κ1) is 22.1. The Balaban J connectivity index is 1.48. The Hall–Kier alpha value is -2.13. The molecular formula is C22H31N3O5S. The Morgan fingerprint density at radius 2 is 1.84 bits per heavy atom. The molecule has 0 spiro atoms. The van der Waals surface area contributed by atoms with E-state index in [0.29, 0.717) is 18.6 Å². The van der Waals surface area contributed by atoms with Crippen LogP contribution in [0.4, 0.5) is 0 Å². The number of amides is 1. The van der Waals surface area contributed by atoms with Gasteiger partial charge in [0.15, 0.2) is 5.58 Å². The highest BCUT2D eigenvalue weighted by Crippen LogP contribution is 2.27. The van der Waals surface area contributed by atoms with Gasteiger partial charge in [-0.1, -0.05) is 6.92 Å². The van der Waals surface area contributed by atoms with Crippen LogP contribution in [-0.4, -0.2) is 54.3 Å². The van der Waals surface area contributed by atoms with Crippen molar-refractivity contribution in [3.05, 3.63) is 28.7 Å². The summed E-state index contributed by atoms with van der Waals surface area (Å²) in [6.45, 7) is 3.48. The molecule has 0 bridgehead atoms. The van der Waals surface area contributed by atoms with E-state index in [1.165, 1.54) is 21.0 Å². The summed E-state index contributed by atoms with van der Waals surface area (Å²) in [6.07, 6.45) is 6.22. The minimum atomic E-state index is -3.59. The lowest BCUT2D eigenvalue weighted by Gasteiger charge is -2.33. The predicted octanol–water partition coefficient (Wildman–Crippen LogP) is 2.81. The highest BCUT2D eigenvalue weighted by Gasteiger charge is 2.28. The molecule has 31 heavy (non-hydrogen) atoms. The number of carbonyl (C=O) groups is 1. The smallest absolute Gasteiger partial charge is 0.408 e. The standard InChI is InChI=1S/C22H31N3O5S/c1-16-5-7-17(8-6-16)23(2)21(26)11-14-25-19-10-9-18(15-20(19)30-22(25)27)31(28,29)24-12-3-4-13-24/h9-10,15-17H,3-8,11-14H2,1-2H3. The third-order valence-corrected chi connectivity index (χ3v) is 8.71. The maximum atomic E-state index is 12.8. The third kappa shape index (κ3) is 4.43. The number of nitrogens with zero attached hydrogens (tertiary/aromatic N) is 3. The topological polar surface area (TPSA) is 92.8 Å². The van der Waals surface area contributed by atoms with Gasteiger partial charge in [-0.2, -0.15) is 4.31 Å². The molecule has 1 amide bonds. The van der Waals surface area contributed by atoms with Crippen LogP contribution >= 0.6 is 0 Å². The van der Waals surface area contributed by atoms with Crippen LogP contribution in [0.2, 0.25) is 0 Å². The van der Waals surface area contributed by atoms with Gasteiger partial charge < -0.3 is 9.32 Å². The van der Waals surface area contributed by atoms with Crippen molar-refractivity contribution in [2.45, 2.75) is 69.4 Å². The molecule has 2 heterocycles. The fraction of sp³-hybridized carbons (Fsp3) is 0.636. The lowest BCUT2D eigenvalue weighted by atomic mass is 9.86. The molecule has 9 heteroatoms. The first-order valence-electron chi connectivity index (χ1n) is 11.2. The quantitative estimate of drug-likeness (QED) is 0.676. The number of sulfonamides is 1. The summed E-state index contributed by atoms with van der Waals surface area (Å²) in [7, 11) is -1.74. The van der Waals surface area contributed by atoms with Gasteiger partial charge in [-0.3, -0.25) is 9.36 Å². The van der Waals surface area contributed by atoms with E-state index in [1.807, 2.05) is 11.9 Å². The van der Waals surface area contributed by atoms with Crippen LogP contribution in [0.25, 0.3) is 11.1 Å². The maximum absolute atomic E-state index is 12.8. The average Bonchev–Trinajstić information content (AvgIpc) is 3.40. The Morgan fingerprint density at radius 3 is 2.52 bits per heavy atom. The van der Waals surface area contributed by atoms with Crippen LogP contribution in [0.1, 0.15) is 51.9 Å². The maximum Gasteiger partial charge on any atom is 0.419 e. The number of rotatable bonds is 6. The number of aryl methyl sites for hydroxylation is 1. The second kappa shape index (κ2) is 8.78. The molecule has 0 unspecified atom stereocenters. The van der Waals surface area contributed by atoms with Crippen molar-refractivity contribution in [1.82, 2.24) is 13.8 Å². The van der Waals surface area contributed by atoms with Gasteiger partial charge in [0.05, 0.1) is 10.4 Å². The molecule has 0 radical (unpaired) electrons. The number of fused-ring (bicyclic) bond motifs is 1. The fourth-order valence-corrected chi connectivity index (χ4v) is 6.25. The molecule has 8 nitrogen and oxygen atoms in total. The molecule has 4 rings (SSSR count). The van der Waals surface area contributed by atoms with Gasteiger partial charge in [0.1, 0.15) is 0 Å². The van der Waals surface area contributed by atoms with Crippen molar-refractivity contribution in [3.8, 4) is 0 Å². The molecule has 1 aromatic heterocycles. The molecule has 0 atom stereocenters. The Morgan fingerprint density at radius 1 is 1.16 bits per heavy atom. The molecule has 1 aromatic carbocycles. The number of hydrogen-bond donors (Lipinski definition) is 0. The number of oxazole rings is 1. The molecule has 0 N–H and O–H groups in total. The van der Waals surface area contributed by atoms with E-state index in [-0.39, 0.29) is 35.4 Å². The van der Waals surface area contributed by atoms with Crippen molar-refractivity contribution < 1.29 is 17.6 Å². The molecule has 1 aliphatic carbocycles. The molecule has 1 aliphatic heterocycles. The number of hydrogen-bond acceptors (Lipinski definition) is 5. The molecule has 2 aliphatic rings. The van der Waals surface area contributed by atoms with Crippen LogP contribution in [0, 0.1) is 5.92 Å². The summed E-state index contributed by atoms with van der Waals surface area (Å²) in [5.41, 5.74) is 0.736. The van der Waals surface area contributed by atoms with E-state index in [2.05, 4.69) is 6.92 Å². The van der Waals surface area contributed by atoms with E-state index in [9.17, 15) is 18.0 Å². The van der Waals surface area contributed by atoms with E-state index in [0.717, 1.165) is 44.4 Å². The zero-order valence-corrected chi connectivity index (χ0v) is 19.1. The van der Waals surface area contributed by atoms with Crippen molar-refractivity contribution in [1.29, 1.82) is 0 Å². The summed E-state index contributed by atoms with van der Waals surface area (Å²) in [5, 5.41) is 0. The van der Waals surface area contributed by atoms with Crippen molar-refractivity contribution in [3.63, 3.8) is 0 Å². The third-order valence-electron chi connectivity index (χ3n) is 6.82. The first-order valence-corrected chi connectivity index (χ1v) is 12.6. The largest absolute Gasteiger partial charge is 0.419 e. The van der Waals surface area contributed by atoms with Gasteiger partial charge in [0, 0.05) is 45.2 Å². The van der Waals surface area contributed by atoms with E-state index >= 15 is 0 Å². The molecular weight excluding hydrogens is 418 g/mol. The minimum absolute atomic E-state index is 0.00837. The van der Waals surface area contributed by atoms with Crippen molar-refractivity contribution in [2.24, 2.45) is 5.92 Å². The highest BCUT2D eigenvalue weighted by atomic mass is 32.2. The molecule has 170 valence electrons. The molecule has 2 aromatic rings. The summed E-state index contributed by atoms with van der Waals surface area (Å²) in [5.74, 6) is 0.150. The minimum Gasteiger partial charge on any atom is -0.408 e. The SMILES string of the molecule is CC1CCC(N(C)C(=O)CCn2c(=O)oc3cc(S(=O)(=O)N4CCCC4)ccc32)CC1. The monoisotopic (exact) mass is 449 g/mol. The van der Waals surface area contributed by atoms with Gasteiger partial charge in [-0.15, -0.1) is 0 Å². The van der Waals surface area contributed by atoms with Crippen LogP contribution in [-0.2, 0) is 21.4 Å². The van der Waals surface area contributed by atoms with Crippen molar-refractivity contribution in [2.75, 3.05) is 20.1 Å². The zero-order chi connectivity index (χ0) is 22.2. The molecule has 2 fully saturated rings. The average molecular weight is 450 g/mol. The fourth-order valence-electron chi connectivity index (χ4n) is 4.71. The van der Waals surface area contributed by atoms with E-state index in [1.54, 1.807) is 6.07 Å². The second-order valence-electron chi connectivity index (χ2n) is 8.93. The molecule has 1 saturated carbocycles. The van der Waals surface area contributed by atoms with Gasteiger partial charge in [0.2, 0.25) is 15.9 Å². The van der Waals surface area contributed by atoms with Crippen molar-refractivity contribution >= 4 is 27.0 Å². The van der Waals surface area contributed by atoms with Gasteiger partial charge in [-0.25, -0.2) is 13.2 Å². The van der Waals surface area contributed by atoms with Gasteiger partial charge >= 0.3 is 5.76 Å². The normalized spacial score (nSPS) is 22.8. The van der Waals surface area contributed by atoms with Crippen LogP contribution in [0.3, 0.4) is 0 Å².